The second-order valence-electron chi connectivity index (χ2n) is 18.5. The van der Waals surface area contributed by atoms with Crippen molar-refractivity contribution in [3.63, 3.8) is 0 Å². The number of hydrogen-bond acceptors (Lipinski definition) is 10. The van der Waals surface area contributed by atoms with Crippen LogP contribution >= 0.6 is 0 Å². The van der Waals surface area contributed by atoms with Gasteiger partial charge in [0.05, 0.1) is 42.8 Å². The first-order valence-electron chi connectivity index (χ1n) is 22.5. The van der Waals surface area contributed by atoms with E-state index in [1.165, 1.54) is 11.0 Å². The molecule has 1 aromatic carbocycles. The van der Waals surface area contributed by atoms with Gasteiger partial charge in [0, 0.05) is 83.7 Å². The fourth-order valence-electron chi connectivity index (χ4n) is 9.37. The van der Waals surface area contributed by atoms with Gasteiger partial charge in [0.15, 0.2) is 0 Å². The number of nitrogens with zero attached hydrogens (tertiary/aromatic N) is 7. The zero-order valence-electron chi connectivity index (χ0n) is 39.0. The number of carbonyl (C=O) groups is 4. The van der Waals surface area contributed by atoms with Gasteiger partial charge < -0.3 is 24.4 Å². The number of methoxy groups -OCH3 is 1. The topological polar surface area (TPSA) is 176 Å². The summed E-state index contributed by atoms with van der Waals surface area (Å²) < 4.78 is 9.74. The van der Waals surface area contributed by atoms with Gasteiger partial charge in [-0.05, 0) is 99.3 Å². The Morgan fingerprint density at radius 2 is 1.91 bits per heavy atom. The number of aromatic nitrogens is 4. The Bertz CT molecular complexity index is 2330. The zero-order chi connectivity index (χ0) is 46.5. The number of aryl methyl sites for hydroxylation is 1. The molecule has 2 aliphatic heterocycles. The molecule has 0 saturated carbocycles. The van der Waals surface area contributed by atoms with Crippen LogP contribution in [0, 0.1) is 17.3 Å². The summed E-state index contributed by atoms with van der Waals surface area (Å²) in [5.74, 6) is -1.92. The highest BCUT2D eigenvalue weighted by Gasteiger charge is 2.39. The van der Waals surface area contributed by atoms with Crippen LogP contribution in [0.2, 0.25) is 0 Å². The van der Waals surface area contributed by atoms with Gasteiger partial charge in [-0.2, -0.15) is 5.10 Å². The smallest absolute Gasteiger partial charge is 0.261 e. The summed E-state index contributed by atoms with van der Waals surface area (Å²) in [6, 6.07) is 8.55. The quantitative estimate of drug-likeness (QED) is 0.0579. The van der Waals surface area contributed by atoms with Crippen LogP contribution in [0.25, 0.3) is 33.3 Å². The predicted molar refractivity (Wildman–Crippen MR) is 250 cm³/mol. The number of fused-ring (bicyclic) bond motifs is 1. The van der Waals surface area contributed by atoms with E-state index in [2.05, 4.69) is 66.9 Å². The molecule has 0 unspecified atom stereocenters. The number of ether oxygens (including phenoxy) is 1. The van der Waals surface area contributed by atoms with E-state index in [1.54, 1.807) is 41.1 Å². The zero-order valence-corrected chi connectivity index (χ0v) is 39.0. The summed E-state index contributed by atoms with van der Waals surface area (Å²) >= 11 is 0. The molecule has 0 aliphatic carbocycles. The van der Waals surface area contributed by atoms with Crippen LogP contribution in [0.3, 0.4) is 0 Å². The Morgan fingerprint density at radius 3 is 2.58 bits per heavy atom. The Balaban J connectivity index is 0.00000476. The van der Waals surface area contributed by atoms with Gasteiger partial charge in [-0.25, -0.2) is 10.3 Å². The first-order chi connectivity index (χ1) is 30.5. The van der Waals surface area contributed by atoms with E-state index in [1.807, 2.05) is 40.0 Å². The van der Waals surface area contributed by atoms with Crippen LogP contribution in [0.4, 0.5) is 0 Å². The number of hydrogen-bond donors (Lipinski definition) is 3. The average molecular weight is 886 g/mol. The molecule has 3 aromatic heterocycles. The minimum Gasteiger partial charge on any atom is -0.375 e. The normalized spacial score (nSPS) is 18.3. The second kappa shape index (κ2) is 20.6. The third-order valence-electron chi connectivity index (χ3n) is 12.7. The highest BCUT2D eigenvalue weighted by atomic mass is 17.1. The Kier molecular flexibility index (Phi) is 15.5. The fraction of sp³-hybridized carbons (Fsp3) is 0.542. The molecule has 2 saturated heterocycles. The van der Waals surface area contributed by atoms with Crippen molar-refractivity contribution in [2.75, 3.05) is 40.4 Å². The molecule has 0 bridgehead atoms. The number of carbonyl (C=O) groups excluding carboxylic acids is 4. The third-order valence-corrected chi connectivity index (χ3v) is 12.7. The lowest BCUT2D eigenvalue weighted by atomic mass is 9.84. The van der Waals surface area contributed by atoms with Gasteiger partial charge in [0.25, 0.3) is 5.91 Å². The largest absolute Gasteiger partial charge is 0.375 e. The maximum absolute atomic E-state index is 14.3. The molecular weight excluding hydrogens is 815 g/mol. The molecule has 5 atom stereocenters. The van der Waals surface area contributed by atoms with Crippen LogP contribution < -0.4 is 10.7 Å². The molecule has 2 aliphatic rings. The monoisotopic (exact) mass is 886 g/mol. The molecule has 16 nitrogen and oxygen atoms in total. The maximum Gasteiger partial charge on any atom is 0.261 e. The van der Waals surface area contributed by atoms with Gasteiger partial charge in [0.1, 0.15) is 12.1 Å². The summed E-state index contributed by atoms with van der Waals surface area (Å²) in [6.07, 6.45) is 9.22. The molecule has 16 heteroatoms. The Morgan fingerprint density at radius 1 is 1.14 bits per heavy atom. The maximum atomic E-state index is 14.3. The summed E-state index contributed by atoms with van der Waals surface area (Å²) in [6.45, 7) is 19.6. The SMILES string of the molecule is C=CC(=O)N1CC[C@H](C(=O)N(C)[C@H](C(=O)N[C@@H](Cn2cc(-c3ccc4c(c3)c(CC(C)(C)COO)c(-c3cccnc3[C@H](C)OC)n4CC)cn2)C(=O)N2CCC[C@@H](C)N2)C(C)C)C1.[HH].[HH]. The molecule has 0 spiro atoms. The number of likely N-dealkylation sites (N-methyl/N-ethyl adjacent to an activating group) is 1. The number of amides is 4. The summed E-state index contributed by atoms with van der Waals surface area (Å²) in [5, 5.41) is 19.9. The molecule has 2 fully saturated rings. The molecule has 0 radical (unpaired) electrons. The lowest BCUT2D eigenvalue weighted by Gasteiger charge is -2.36. The van der Waals surface area contributed by atoms with Crippen molar-refractivity contribution in [1.82, 2.24) is 44.9 Å². The average Bonchev–Trinajstić information content (AvgIpc) is 4.03. The van der Waals surface area contributed by atoms with Crippen molar-refractivity contribution in [1.29, 1.82) is 0 Å². The highest BCUT2D eigenvalue weighted by molar-refractivity contribution is 5.96. The van der Waals surface area contributed by atoms with Gasteiger partial charge in [-0.1, -0.05) is 40.3 Å². The number of hydrazine groups is 1. The molecule has 64 heavy (non-hydrogen) atoms. The number of benzene rings is 1. The van der Waals surface area contributed by atoms with Gasteiger partial charge in [0.2, 0.25) is 17.7 Å². The first kappa shape index (κ1) is 48.0. The standard InChI is InChI=1S/C48H67N9O7.2H2/c1-11-41(58)54-22-19-34(26-54)46(60)53(9)43(30(3)4)45(59)51-39(47(61)57-21-14-15-31(5)52-57)28-55-27-35(25-50-55)33-17-18-40-37(23-33)38(24-48(7,8)29-64-62)44(56(40)12-2)36-16-13-20-49-42(36)32(6)63-10;;/h11,13,16-18,20,23,25,27,30-32,34,39,43,52,62H,1,12,14-15,19,21-22,24,26,28-29H2,2-10H3,(H,51,59);2*1H/t31-,32+,34+,39+,43+;;/m1../s1. The lowest BCUT2D eigenvalue weighted by Crippen LogP contribution is -2.61. The molecule has 3 N–H and O–H groups in total. The van der Waals surface area contributed by atoms with Gasteiger partial charge in [-0.3, -0.25) is 39.1 Å². The molecule has 350 valence electrons. The second-order valence-corrected chi connectivity index (χ2v) is 18.5. The number of rotatable bonds is 18. The molecule has 4 amide bonds. The lowest BCUT2D eigenvalue weighted by molar-refractivity contribution is -0.259. The summed E-state index contributed by atoms with van der Waals surface area (Å²) in [5.41, 5.74) is 9.53. The van der Waals surface area contributed by atoms with E-state index in [-0.39, 0.29) is 58.3 Å². The fourth-order valence-corrected chi connectivity index (χ4v) is 9.37. The Labute approximate surface area is 379 Å². The van der Waals surface area contributed by atoms with Crippen LogP contribution in [0.5, 0.6) is 0 Å². The van der Waals surface area contributed by atoms with Crippen LogP contribution in [-0.2, 0) is 48.3 Å². The van der Waals surface area contributed by atoms with E-state index in [0.717, 1.165) is 57.4 Å². The van der Waals surface area contributed by atoms with Crippen molar-refractivity contribution in [3.05, 3.63) is 72.8 Å². The van der Waals surface area contributed by atoms with E-state index < -0.39 is 29.3 Å². The molecular formula is C48H71N9O7. The van der Waals surface area contributed by atoms with E-state index in [9.17, 15) is 24.4 Å². The number of nitrogens with one attached hydrogen (secondary N) is 2. The third kappa shape index (κ3) is 10.4. The van der Waals surface area contributed by atoms with Gasteiger partial charge in [-0.15, -0.1) is 0 Å². The van der Waals surface area contributed by atoms with E-state index in [0.29, 0.717) is 32.5 Å². The van der Waals surface area contributed by atoms with Crippen molar-refractivity contribution < 1.29 is 36.9 Å². The van der Waals surface area contributed by atoms with E-state index in [4.69, 9.17) is 19.7 Å². The number of likely N-dealkylation sites (tertiary alicyclic amines) is 1. The Hall–Kier alpha value is -5.42. The van der Waals surface area contributed by atoms with Gasteiger partial charge >= 0.3 is 0 Å². The van der Waals surface area contributed by atoms with Crippen molar-refractivity contribution in [2.24, 2.45) is 17.3 Å². The van der Waals surface area contributed by atoms with Crippen LogP contribution in [0.1, 0.15) is 87.9 Å². The summed E-state index contributed by atoms with van der Waals surface area (Å²) in [7, 11) is 3.29. The highest BCUT2D eigenvalue weighted by Crippen LogP contribution is 2.41. The molecule has 6 rings (SSSR count). The summed E-state index contributed by atoms with van der Waals surface area (Å²) in [4.78, 5) is 67.3. The number of pyridine rings is 1. The molecule has 4 aromatic rings. The van der Waals surface area contributed by atoms with Crippen molar-refractivity contribution >= 4 is 34.5 Å². The predicted octanol–water partition coefficient (Wildman–Crippen LogP) is 6.36. The minimum absolute atomic E-state index is 0. The van der Waals surface area contributed by atoms with Crippen LogP contribution in [0.15, 0.2) is 61.6 Å². The van der Waals surface area contributed by atoms with Crippen LogP contribution in [-0.4, -0.2) is 122 Å². The van der Waals surface area contributed by atoms with E-state index >= 15 is 0 Å². The minimum atomic E-state index is -1.01. The molecule has 5 heterocycles. The van der Waals surface area contributed by atoms with Crippen molar-refractivity contribution in [2.45, 2.75) is 111 Å². The van der Waals surface area contributed by atoms with Crippen molar-refractivity contribution in [3.8, 4) is 22.4 Å². The first-order valence-corrected chi connectivity index (χ1v) is 22.5.